The van der Waals surface area contributed by atoms with Gasteiger partial charge in [0.25, 0.3) is 0 Å². The Balaban J connectivity index is 2.78. The number of benzene rings is 1. The molecule has 0 radical (unpaired) electrons. The monoisotopic (exact) mass is 314 g/mol. The van der Waals surface area contributed by atoms with Crippen molar-refractivity contribution in [2.24, 2.45) is 0 Å². The Hall–Kier alpha value is -1.12. The average Bonchev–Trinajstić information content (AvgIpc) is 2.24. The van der Waals surface area contributed by atoms with E-state index >= 15 is 0 Å². The van der Waals surface area contributed by atoms with Gasteiger partial charge in [-0.15, -0.1) is 0 Å². The summed E-state index contributed by atoms with van der Waals surface area (Å²) in [5, 5.41) is 0. The minimum absolute atomic E-state index is 0.131. The van der Waals surface area contributed by atoms with Crippen LogP contribution in [0.1, 0.15) is 27.7 Å². The molecular weight excluding hydrogens is 295 g/mol. The minimum atomic E-state index is -0.654. The third-order valence-corrected chi connectivity index (χ3v) is 4.72. The summed E-state index contributed by atoms with van der Waals surface area (Å²) in [6.07, 6.45) is 0. The van der Waals surface area contributed by atoms with Crippen molar-refractivity contribution in [3.05, 3.63) is 30.3 Å². The Morgan fingerprint density at radius 2 is 1.72 bits per heavy atom. The Bertz CT molecular complexity index is 420. The summed E-state index contributed by atoms with van der Waals surface area (Å²) in [7, 11) is 0. The second-order valence-electron chi connectivity index (χ2n) is 4.96. The van der Waals surface area contributed by atoms with Crippen LogP contribution in [0.25, 0.3) is 0 Å². The summed E-state index contributed by atoms with van der Waals surface area (Å²) >= 11 is -0.227. The van der Waals surface area contributed by atoms with Crippen LogP contribution in [0.2, 0.25) is 4.82 Å². The zero-order valence-electron chi connectivity index (χ0n) is 11.1. The molecule has 0 aliphatic carbocycles. The molecule has 0 N–H and O–H groups in total. The van der Waals surface area contributed by atoms with Crippen LogP contribution in [-0.2, 0) is 14.3 Å². The predicted octanol–water partition coefficient (Wildman–Crippen LogP) is 1.74. The predicted molar refractivity (Wildman–Crippen MR) is 72.1 cm³/mol. The standard InChI is InChI=1S/C14H18O3Se/c1-10(15)12(13(16)17-14(2,3)4)18-11-8-6-5-7-9-11/h5-9,12H,1-4H3. The third kappa shape index (κ3) is 5.03. The van der Waals surface area contributed by atoms with Crippen LogP contribution >= 0.6 is 0 Å². The van der Waals surface area contributed by atoms with Crippen molar-refractivity contribution >= 4 is 31.2 Å². The molecule has 0 saturated heterocycles. The van der Waals surface area contributed by atoms with Crippen LogP contribution in [-0.4, -0.2) is 32.3 Å². The van der Waals surface area contributed by atoms with Crippen molar-refractivity contribution in [2.45, 2.75) is 38.1 Å². The van der Waals surface area contributed by atoms with Crippen LogP contribution in [0.5, 0.6) is 0 Å². The van der Waals surface area contributed by atoms with Gasteiger partial charge in [0.15, 0.2) is 0 Å². The maximum atomic E-state index is 12.0. The van der Waals surface area contributed by atoms with Gasteiger partial charge in [0, 0.05) is 0 Å². The molecule has 0 aliphatic heterocycles. The fourth-order valence-electron chi connectivity index (χ4n) is 1.29. The third-order valence-electron chi connectivity index (χ3n) is 1.99. The first-order chi connectivity index (χ1) is 8.29. The number of hydrogen-bond acceptors (Lipinski definition) is 3. The summed E-state index contributed by atoms with van der Waals surface area (Å²) in [5.74, 6) is -0.549. The first-order valence-corrected chi connectivity index (χ1v) is 7.59. The molecule has 0 aliphatic rings. The van der Waals surface area contributed by atoms with E-state index in [0.717, 1.165) is 4.46 Å². The van der Waals surface area contributed by atoms with Crippen LogP contribution in [0.4, 0.5) is 0 Å². The van der Waals surface area contributed by atoms with Crippen LogP contribution in [0.3, 0.4) is 0 Å². The van der Waals surface area contributed by atoms with Gasteiger partial charge in [-0.25, -0.2) is 0 Å². The van der Waals surface area contributed by atoms with Crippen LogP contribution in [0, 0.1) is 0 Å². The first kappa shape index (κ1) is 14.9. The van der Waals surface area contributed by atoms with Crippen LogP contribution < -0.4 is 4.46 Å². The molecule has 1 unspecified atom stereocenters. The van der Waals surface area contributed by atoms with Gasteiger partial charge in [-0.3, -0.25) is 0 Å². The first-order valence-electron chi connectivity index (χ1n) is 5.74. The number of esters is 1. The molecule has 1 aromatic rings. The molecule has 18 heavy (non-hydrogen) atoms. The fourth-order valence-corrected chi connectivity index (χ4v) is 3.17. The number of carbonyl (C=O) groups is 2. The number of ether oxygens (including phenoxy) is 1. The van der Waals surface area contributed by atoms with Gasteiger partial charge < -0.3 is 0 Å². The Kier molecular flexibility index (Phi) is 5.12. The van der Waals surface area contributed by atoms with Crippen molar-refractivity contribution in [3.63, 3.8) is 0 Å². The number of rotatable bonds is 4. The molecule has 0 heterocycles. The van der Waals surface area contributed by atoms with Gasteiger partial charge in [0.1, 0.15) is 0 Å². The maximum absolute atomic E-state index is 12.0. The molecule has 3 nitrogen and oxygen atoms in total. The molecule has 0 bridgehead atoms. The van der Waals surface area contributed by atoms with Crippen molar-refractivity contribution in [3.8, 4) is 0 Å². The Labute approximate surface area is 114 Å². The Morgan fingerprint density at radius 3 is 2.17 bits per heavy atom. The summed E-state index contributed by atoms with van der Waals surface area (Å²) in [6, 6.07) is 9.59. The molecule has 4 heteroatoms. The van der Waals surface area contributed by atoms with Gasteiger partial charge in [-0.05, 0) is 0 Å². The molecule has 1 atom stereocenters. The summed E-state index contributed by atoms with van der Waals surface area (Å²) in [4.78, 5) is 22.9. The van der Waals surface area contributed by atoms with E-state index in [1.165, 1.54) is 6.92 Å². The van der Waals surface area contributed by atoms with Crippen molar-refractivity contribution in [1.82, 2.24) is 0 Å². The molecular formula is C14H18O3Se. The average molecular weight is 313 g/mol. The van der Waals surface area contributed by atoms with Crippen LogP contribution in [0.15, 0.2) is 30.3 Å². The van der Waals surface area contributed by atoms with Gasteiger partial charge in [0.05, 0.1) is 0 Å². The van der Waals surface area contributed by atoms with E-state index in [9.17, 15) is 9.59 Å². The molecule has 0 spiro atoms. The van der Waals surface area contributed by atoms with E-state index in [1.54, 1.807) is 20.8 Å². The molecule has 0 saturated carbocycles. The fraction of sp³-hybridized carbons (Fsp3) is 0.429. The molecule has 0 fully saturated rings. The molecule has 1 rings (SSSR count). The van der Waals surface area contributed by atoms with Crippen molar-refractivity contribution < 1.29 is 14.3 Å². The van der Waals surface area contributed by atoms with E-state index in [2.05, 4.69) is 0 Å². The molecule has 98 valence electrons. The van der Waals surface area contributed by atoms with E-state index in [0.29, 0.717) is 0 Å². The number of Topliss-reactive ketones (excluding diaryl/α,β-unsaturated/α-hetero) is 1. The summed E-state index contributed by atoms with van der Waals surface area (Å²) in [6.45, 7) is 6.85. The molecule has 1 aromatic carbocycles. The zero-order chi connectivity index (χ0) is 13.8. The zero-order valence-corrected chi connectivity index (χ0v) is 12.8. The van der Waals surface area contributed by atoms with E-state index in [4.69, 9.17) is 4.74 Å². The normalized spacial score (nSPS) is 12.9. The summed E-state index contributed by atoms with van der Waals surface area (Å²) < 4.78 is 6.31. The quantitative estimate of drug-likeness (QED) is 0.483. The number of hydrogen-bond donors (Lipinski definition) is 0. The van der Waals surface area contributed by atoms with E-state index in [-0.39, 0.29) is 20.7 Å². The molecule has 0 amide bonds. The number of carbonyl (C=O) groups excluding carboxylic acids is 2. The second kappa shape index (κ2) is 6.17. The molecule has 0 aromatic heterocycles. The van der Waals surface area contributed by atoms with Crippen molar-refractivity contribution in [1.29, 1.82) is 0 Å². The van der Waals surface area contributed by atoms with Gasteiger partial charge in [-0.1, -0.05) is 0 Å². The SMILES string of the molecule is CC(=O)C([Se]c1ccccc1)C(=O)OC(C)(C)C. The van der Waals surface area contributed by atoms with Gasteiger partial charge in [-0.2, -0.15) is 0 Å². The van der Waals surface area contributed by atoms with E-state index < -0.39 is 16.4 Å². The topological polar surface area (TPSA) is 43.4 Å². The van der Waals surface area contributed by atoms with Crippen molar-refractivity contribution in [2.75, 3.05) is 0 Å². The number of ketones is 1. The van der Waals surface area contributed by atoms with Gasteiger partial charge >= 0.3 is 114 Å². The Morgan fingerprint density at radius 1 is 1.17 bits per heavy atom. The summed E-state index contributed by atoms with van der Waals surface area (Å²) in [5.41, 5.74) is -0.558. The van der Waals surface area contributed by atoms with E-state index in [1.807, 2.05) is 30.3 Å². The van der Waals surface area contributed by atoms with Gasteiger partial charge in [0.2, 0.25) is 0 Å². The second-order valence-corrected chi connectivity index (χ2v) is 7.43.